The first kappa shape index (κ1) is 26.7. The van der Waals surface area contributed by atoms with Crippen LogP contribution in [0, 0.1) is 12.8 Å². The smallest absolute Gasteiger partial charge is 0.376 e. The van der Waals surface area contributed by atoms with Gasteiger partial charge in [-0.15, -0.1) is 11.3 Å². The maximum Gasteiger partial charge on any atom is 0.411 e. The van der Waals surface area contributed by atoms with Crippen LogP contribution < -0.4 is 16.0 Å². The molecular weight excluding hydrogens is 513 g/mol. The van der Waals surface area contributed by atoms with Crippen molar-refractivity contribution >= 4 is 40.4 Å². The number of thiophene rings is 1. The summed E-state index contributed by atoms with van der Waals surface area (Å²) in [4.78, 5) is 31.5. The number of nitrogens with zero attached hydrogens (tertiary/aromatic N) is 1. The average Bonchev–Trinajstić information content (AvgIpc) is 3.21. The Labute approximate surface area is 217 Å². The number of carbonyl (C=O) groups is 2. The Morgan fingerprint density at radius 1 is 1.25 bits per heavy atom. The quantitative estimate of drug-likeness (QED) is 0.354. The van der Waals surface area contributed by atoms with Gasteiger partial charge in [-0.2, -0.15) is 13.2 Å². The number of alkyl halides is 3. The van der Waals surface area contributed by atoms with Crippen molar-refractivity contribution in [3.63, 3.8) is 0 Å². The molecule has 3 N–H and O–H groups in total. The Morgan fingerprint density at radius 3 is 2.58 bits per heavy atom. The number of hydrogen-bond acceptors (Lipinski definition) is 5. The average molecular weight is 543 g/mol. The molecule has 0 radical (unpaired) electrons. The molecule has 0 aromatic carbocycles. The monoisotopic (exact) mass is 542 g/mol. The second kappa shape index (κ2) is 10.6. The molecule has 0 aliphatic heterocycles. The molecule has 2 aromatic heterocycles. The second-order valence-corrected chi connectivity index (χ2v) is 11.4. The number of aryl methyl sites for hydroxylation is 1. The summed E-state index contributed by atoms with van der Waals surface area (Å²) in [5.74, 6) is -1.02. The largest absolute Gasteiger partial charge is 0.411 e. The third kappa shape index (κ3) is 6.14. The molecule has 2 aliphatic rings. The van der Waals surface area contributed by atoms with Crippen LogP contribution in [0.3, 0.4) is 0 Å². The van der Waals surface area contributed by atoms with Crippen molar-refractivity contribution in [2.75, 3.05) is 5.32 Å². The number of nitrogens with one attached hydrogen (secondary N) is 3. The normalized spacial score (nSPS) is 18.9. The van der Waals surface area contributed by atoms with Gasteiger partial charge in [0.25, 0.3) is 5.91 Å². The van der Waals surface area contributed by atoms with Gasteiger partial charge in [-0.05, 0) is 57.2 Å². The van der Waals surface area contributed by atoms with Crippen molar-refractivity contribution in [3.05, 3.63) is 44.9 Å². The SMILES string of the molecule is Cc1ncc(Cl)cc1N[C@@H](C)c1ccc(C(=O)N[C@@H](CC2CCCC2)C(=O)NC2(C(F)(F)F)CC2)s1. The van der Waals surface area contributed by atoms with Gasteiger partial charge in [-0.1, -0.05) is 37.3 Å². The summed E-state index contributed by atoms with van der Waals surface area (Å²) in [7, 11) is 0. The van der Waals surface area contributed by atoms with E-state index in [0.29, 0.717) is 16.3 Å². The highest BCUT2D eigenvalue weighted by Gasteiger charge is 2.64. The molecule has 6 nitrogen and oxygen atoms in total. The van der Waals surface area contributed by atoms with E-state index in [1.54, 1.807) is 18.3 Å². The molecule has 2 heterocycles. The fraction of sp³-hybridized carbons (Fsp3) is 0.560. The fourth-order valence-corrected chi connectivity index (χ4v) is 5.70. The molecule has 2 saturated carbocycles. The van der Waals surface area contributed by atoms with Crippen LogP contribution in [0.25, 0.3) is 0 Å². The van der Waals surface area contributed by atoms with E-state index in [1.165, 1.54) is 11.3 Å². The van der Waals surface area contributed by atoms with Gasteiger partial charge in [0.15, 0.2) is 0 Å². The van der Waals surface area contributed by atoms with E-state index in [0.717, 1.165) is 41.9 Å². The molecule has 2 aromatic rings. The Morgan fingerprint density at radius 2 is 1.94 bits per heavy atom. The number of hydrogen-bond donors (Lipinski definition) is 3. The minimum Gasteiger partial charge on any atom is -0.376 e. The minimum absolute atomic E-state index is 0.132. The van der Waals surface area contributed by atoms with Crippen LogP contribution in [-0.4, -0.2) is 34.6 Å². The van der Waals surface area contributed by atoms with E-state index in [2.05, 4.69) is 20.9 Å². The van der Waals surface area contributed by atoms with Gasteiger partial charge in [-0.3, -0.25) is 14.6 Å². The van der Waals surface area contributed by atoms with Gasteiger partial charge in [0.2, 0.25) is 5.91 Å². The lowest BCUT2D eigenvalue weighted by atomic mass is 9.97. The standard InChI is InChI=1S/C25H30ClF3N4O2S/c1-14-18(12-17(26)13-30-14)31-15(2)20-7-8-21(36-20)23(35)32-19(11-16-5-3-4-6-16)22(34)33-24(9-10-24)25(27,28)29/h7-8,12-13,15-16,19,31H,3-6,9-11H2,1-2H3,(H,32,35)(H,33,34)/t15-,19-/m0/s1. The fourth-order valence-electron chi connectivity index (χ4n) is 4.63. The van der Waals surface area contributed by atoms with E-state index in [1.807, 2.05) is 19.9 Å². The molecule has 36 heavy (non-hydrogen) atoms. The Bertz CT molecular complexity index is 1110. The first-order valence-electron chi connectivity index (χ1n) is 12.2. The van der Waals surface area contributed by atoms with E-state index >= 15 is 0 Å². The van der Waals surface area contributed by atoms with Crippen molar-refractivity contribution in [3.8, 4) is 0 Å². The lowest BCUT2D eigenvalue weighted by molar-refractivity contribution is -0.170. The molecule has 0 unspecified atom stereocenters. The Kier molecular flexibility index (Phi) is 7.85. The zero-order chi connectivity index (χ0) is 26.1. The van der Waals surface area contributed by atoms with Crippen molar-refractivity contribution < 1.29 is 22.8 Å². The highest BCUT2D eigenvalue weighted by molar-refractivity contribution is 7.14. The summed E-state index contributed by atoms with van der Waals surface area (Å²) in [6, 6.07) is 4.11. The molecular formula is C25H30ClF3N4O2S. The predicted octanol–water partition coefficient (Wildman–Crippen LogP) is 6.17. The third-order valence-corrected chi connectivity index (χ3v) is 8.50. The van der Waals surface area contributed by atoms with E-state index < -0.39 is 29.6 Å². The number of rotatable bonds is 9. The maximum atomic E-state index is 13.4. The van der Waals surface area contributed by atoms with E-state index in [4.69, 9.17) is 11.6 Å². The van der Waals surface area contributed by atoms with Gasteiger partial charge in [0, 0.05) is 11.1 Å². The van der Waals surface area contributed by atoms with Crippen molar-refractivity contribution in [2.45, 2.75) is 82.6 Å². The van der Waals surface area contributed by atoms with Crippen LogP contribution >= 0.6 is 22.9 Å². The van der Waals surface area contributed by atoms with Gasteiger partial charge in [0.1, 0.15) is 11.6 Å². The lowest BCUT2D eigenvalue weighted by Crippen LogP contribution is -2.55. The highest BCUT2D eigenvalue weighted by Crippen LogP contribution is 2.49. The number of pyridine rings is 1. The summed E-state index contributed by atoms with van der Waals surface area (Å²) in [6.07, 6.45) is 1.01. The van der Waals surface area contributed by atoms with Crippen LogP contribution in [0.1, 0.15) is 78.2 Å². The van der Waals surface area contributed by atoms with Gasteiger partial charge >= 0.3 is 6.18 Å². The molecule has 0 bridgehead atoms. The van der Waals surface area contributed by atoms with Crippen molar-refractivity contribution in [2.24, 2.45) is 5.92 Å². The molecule has 196 valence electrons. The first-order valence-corrected chi connectivity index (χ1v) is 13.3. The van der Waals surface area contributed by atoms with E-state index in [9.17, 15) is 22.8 Å². The predicted molar refractivity (Wildman–Crippen MR) is 134 cm³/mol. The molecule has 2 aliphatic carbocycles. The minimum atomic E-state index is -4.51. The van der Waals surface area contributed by atoms with Crippen molar-refractivity contribution in [1.82, 2.24) is 15.6 Å². The lowest BCUT2D eigenvalue weighted by Gasteiger charge is -2.26. The summed E-state index contributed by atoms with van der Waals surface area (Å²) >= 11 is 7.31. The number of halogens is 4. The number of aromatic nitrogens is 1. The maximum absolute atomic E-state index is 13.4. The summed E-state index contributed by atoms with van der Waals surface area (Å²) in [5, 5.41) is 8.76. The Balaban J connectivity index is 1.44. The highest BCUT2D eigenvalue weighted by atomic mass is 35.5. The summed E-state index contributed by atoms with van der Waals surface area (Å²) in [6.45, 7) is 3.80. The number of anilines is 1. The van der Waals surface area contributed by atoms with Crippen LogP contribution in [-0.2, 0) is 4.79 Å². The van der Waals surface area contributed by atoms with Gasteiger partial charge in [-0.25, -0.2) is 0 Å². The topological polar surface area (TPSA) is 83.1 Å². The summed E-state index contributed by atoms with van der Waals surface area (Å²) < 4.78 is 40.2. The number of amides is 2. The molecule has 4 rings (SSSR count). The van der Waals surface area contributed by atoms with E-state index in [-0.39, 0.29) is 24.8 Å². The van der Waals surface area contributed by atoms with Crippen molar-refractivity contribution in [1.29, 1.82) is 0 Å². The van der Waals surface area contributed by atoms with Gasteiger partial charge < -0.3 is 16.0 Å². The number of carbonyl (C=O) groups excluding carboxylic acids is 2. The molecule has 2 atom stereocenters. The third-order valence-electron chi connectivity index (χ3n) is 7.02. The van der Waals surface area contributed by atoms with Crippen LogP contribution in [0.5, 0.6) is 0 Å². The Hall–Kier alpha value is -2.33. The molecule has 0 spiro atoms. The summed E-state index contributed by atoms with van der Waals surface area (Å²) in [5.41, 5.74) is -0.594. The van der Waals surface area contributed by atoms with Gasteiger partial charge in [0.05, 0.1) is 27.3 Å². The zero-order valence-electron chi connectivity index (χ0n) is 20.2. The molecule has 2 fully saturated rings. The zero-order valence-corrected chi connectivity index (χ0v) is 21.7. The molecule has 11 heteroatoms. The second-order valence-electron chi connectivity index (χ2n) is 9.84. The molecule has 0 saturated heterocycles. The molecule has 2 amide bonds. The first-order chi connectivity index (χ1) is 17.0. The van der Waals surface area contributed by atoms with Crippen LogP contribution in [0.15, 0.2) is 24.4 Å². The van der Waals surface area contributed by atoms with Crippen LogP contribution in [0.2, 0.25) is 5.02 Å². The van der Waals surface area contributed by atoms with Crippen LogP contribution in [0.4, 0.5) is 18.9 Å².